The summed E-state index contributed by atoms with van der Waals surface area (Å²) in [4.78, 5) is 21.3. The number of aromatic nitrogens is 2. The van der Waals surface area contributed by atoms with Crippen LogP contribution in [-0.2, 0) is 6.54 Å². The highest BCUT2D eigenvalue weighted by Crippen LogP contribution is 2.37. The van der Waals surface area contributed by atoms with Crippen molar-refractivity contribution in [2.75, 3.05) is 25.0 Å². The molecular formula is C21H24FN5O3. The van der Waals surface area contributed by atoms with E-state index in [1.165, 1.54) is 12.5 Å². The molecule has 30 heavy (non-hydrogen) atoms. The van der Waals surface area contributed by atoms with Crippen molar-refractivity contribution in [3.05, 3.63) is 57.2 Å². The van der Waals surface area contributed by atoms with Gasteiger partial charge in [-0.15, -0.1) is 0 Å². The van der Waals surface area contributed by atoms with Crippen molar-refractivity contribution < 1.29 is 14.1 Å². The Balaban J connectivity index is 1.55. The summed E-state index contributed by atoms with van der Waals surface area (Å²) in [6.45, 7) is 5.82. The SMILES string of the molecule is CCOc1nc(C)c([N+](=O)[O-])c(NCc2ccc(C3=CN4CCC3CC4)cc2F)n1. The van der Waals surface area contributed by atoms with Gasteiger partial charge >= 0.3 is 11.7 Å². The molecule has 3 aliphatic heterocycles. The van der Waals surface area contributed by atoms with E-state index in [1.54, 1.807) is 19.1 Å². The number of hydrogen-bond acceptors (Lipinski definition) is 7. The summed E-state index contributed by atoms with van der Waals surface area (Å²) in [5.74, 6) is 0.150. The van der Waals surface area contributed by atoms with Crippen molar-refractivity contribution in [2.45, 2.75) is 33.2 Å². The van der Waals surface area contributed by atoms with Gasteiger partial charge in [0, 0.05) is 31.4 Å². The van der Waals surface area contributed by atoms with E-state index in [0.717, 1.165) is 31.5 Å². The molecule has 0 unspecified atom stereocenters. The quantitative estimate of drug-likeness (QED) is 0.543. The van der Waals surface area contributed by atoms with Gasteiger partial charge in [-0.3, -0.25) is 10.1 Å². The van der Waals surface area contributed by atoms with Crippen LogP contribution < -0.4 is 10.1 Å². The maximum absolute atomic E-state index is 14.8. The highest BCUT2D eigenvalue weighted by atomic mass is 19.1. The van der Waals surface area contributed by atoms with E-state index in [9.17, 15) is 14.5 Å². The van der Waals surface area contributed by atoms with Crippen LogP contribution in [0.3, 0.4) is 0 Å². The van der Waals surface area contributed by atoms with E-state index < -0.39 is 4.92 Å². The largest absolute Gasteiger partial charge is 0.464 e. The number of nitrogens with zero attached hydrogens (tertiary/aromatic N) is 4. The molecule has 1 aromatic heterocycles. The number of anilines is 1. The monoisotopic (exact) mass is 413 g/mol. The van der Waals surface area contributed by atoms with E-state index in [2.05, 4.69) is 26.4 Å². The van der Waals surface area contributed by atoms with Gasteiger partial charge in [-0.1, -0.05) is 12.1 Å². The molecule has 3 aliphatic rings. The number of fused-ring (bicyclic) bond motifs is 2. The van der Waals surface area contributed by atoms with Gasteiger partial charge in [0.05, 0.1) is 11.5 Å². The van der Waals surface area contributed by atoms with Crippen molar-refractivity contribution in [1.82, 2.24) is 14.9 Å². The number of nitro groups is 1. The van der Waals surface area contributed by atoms with Crippen LogP contribution >= 0.6 is 0 Å². The summed E-state index contributed by atoms with van der Waals surface area (Å²) in [6, 6.07) is 5.24. The third-order valence-corrected chi connectivity index (χ3v) is 5.62. The maximum Gasteiger partial charge on any atom is 0.332 e. The molecule has 2 bridgehead atoms. The van der Waals surface area contributed by atoms with Crippen LogP contribution in [0.2, 0.25) is 0 Å². The van der Waals surface area contributed by atoms with Gasteiger partial charge < -0.3 is 15.0 Å². The Kier molecular flexibility index (Phi) is 5.52. The first-order chi connectivity index (χ1) is 14.5. The molecule has 0 spiro atoms. The number of nitrogens with one attached hydrogen (secondary N) is 1. The molecule has 0 saturated carbocycles. The van der Waals surface area contributed by atoms with Gasteiger partial charge in [0.25, 0.3) is 0 Å². The topological polar surface area (TPSA) is 93.4 Å². The maximum atomic E-state index is 14.8. The van der Waals surface area contributed by atoms with Crippen LogP contribution in [0.1, 0.15) is 36.6 Å². The Bertz CT molecular complexity index is 1000. The lowest BCUT2D eigenvalue weighted by molar-refractivity contribution is -0.385. The van der Waals surface area contributed by atoms with Gasteiger partial charge in [-0.05, 0) is 49.8 Å². The molecule has 8 nitrogen and oxygen atoms in total. The van der Waals surface area contributed by atoms with E-state index in [0.29, 0.717) is 18.1 Å². The zero-order valence-electron chi connectivity index (χ0n) is 17.0. The van der Waals surface area contributed by atoms with Gasteiger partial charge in [0.1, 0.15) is 11.5 Å². The molecule has 0 aliphatic carbocycles. The first kappa shape index (κ1) is 20.1. The number of halogens is 1. The Morgan fingerprint density at radius 1 is 1.33 bits per heavy atom. The van der Waals surface area contributed by atoms with E-state index >= 15 is 0 Å². The minimum Gasteiger partial charge on any atom is -0.464 e. The lowest BCUT2D eigenvalue weighted by Gasteiger charge is -2.39. The molecule has 9 heteroatoms. The van der Waals surface area contributed by atoms with Crippen molar-refractivity contribution in [3.63, 3.8) is 0 Å². The first-order valence-electron chi connectivity index (χ1n) is 10.1. The summed E-state index contributed by atoms with van der Waals surface area (Å²) in [7, 11) is 0. The van der Waals surface area contributed by atoms with Crippen LogP contribution in [0, 0.1) is 28.8 Å². The van der Waals surface area contributed by atoms with E-state index in [-0.39, 0.29) is 35.6 Å². The molecule has 4 heterocycles. The number of benzene rings is 1. The van der Waals surface area contributed by atoms with Gasteiger partial charge in [-0.25, -0.2) is 4.39 Å². The third kappa shape index (κ3) is 3.92. The van der Waals surface area contributed by atoms with Crippen molar-refractivity contribution in [2.24, 2.45) is 5.92 Å². The second-order valence-electron chi connectivity index (χ2n) is 7.53. The number of piperidine rings is 1. The molecule has 1 saturated heterocycles. The number of aryl methyl sites for hydroxylation is 1. The minimum atomic E-state index is -0.549. The second-order valence-corrected chi connectivity index (χ2v) is 7.53. The molecule has 1 fully saturated rings. The molecule has 158 valence electrons. The van der Waals surface area contributed by atoms with Crippen LogP contribution in [0.4, 0.5) is 15.9 Å². The predicted molar refractivity (Wildman–Crippen MR) is 111 cm³/mol. The Labute approximate surface area is 173 Å². The molecule has 0 amide bonds. The average molecular weight is 413 g/mol. The van der Waals surface area contributed by atoms with Gasteiger partial charge in [0.15, 0.2) is 0 Å². The van der Waals surface area contributed by atoms with Crippen LogP contribution in [0.25, 0.3) is 5.57 Å². The standard InChI is InChI=1S/C21H24FN5O3/c1-3-30-21-24-13(2)19(27(28)29)20(25-21)23-11-16-5-4-15(10-18(16)22)17-12-26-8-6-14(17)7-9-26/h4-5,10,12,14H,3,6-9,11H2,1-2H3,(H,23,24,25). The summed E-state index contributed by atoms with van der Waals surface area (Å²) in [5, 5.41) is 14.3. The fraction of sp³-hybridized carbons (Fsp3) is 0.429. The zero-order chi connectivity index (χ0) is 21.3. The average Bonchev–Trinajstić information content (AvgIpc) is 2.73. The summed E-state index contributed by atoms with van der Waals surface area (Å²) in [6.07, 6.45) is 4.36. The molecule has 1 N–H and O–H groups in total. The summed E-state index contributed by atoms with van der Waals surface area (Å²) < 4.78 is 20.1. The fourth-order valence-electron chi connectivity index (χ4n) is 4.08. The number of hydrogen-bond donors (Lipinski definition) is 1. The highest BCUT2D eigenvalue weighted by molar-refractivity contribution is 5.69. The molecule has 2 aromatic rings. The summed E-state index contributed by atoms with van der Waals surface area (Å²) >= 11 is 0. The molecular weight excluding hydrogens is 389 g/mol. The van der Waals surface area contributed by atoms with Crippen LogP contribution in [-0.4, -0.2) is 39.5 Å². The molecule has 0 atom stereocenters. The lowest BCUT2D eigenvalue weighted by atomic mass is 9.82. The van der Waals surface area contributed by atoms with Gasteiger partial charge in [0.2, 0.25) is 5.82 Å². The summed E-state index contributed by atoms with van der Waals surface area (Å²) in [5.41, 5.74) is 2.44. The van der Waals surface area contributed by atoms with Crippen LogP contribution in [0.15, 0.2) is 24.4 Å². The third-order valence-electron chi connectivity index (χ3n) is 5.62. The fourth-order valence-corrected chi connectivity index (χ4v) is 4.08. The van der Waals surface area contributed by atoms with Crippen molar-refractivity contribution in [3.8, 4) is 6.01 Å². The Morgan fingerprint density at radius 3 is 2.70 bits per heavy atom. The van der Waals surface area contributed by atoms with E-state index in [4.69, 9.17) is 4.74 Å². The first-order valence-corrected chi connectivity index (χ1v) is 10.1. The molecule has 1 aromatic carbocycles. The lowest BCUT2D eigenvalue weighted by Crippen LogP contribution is -2.35. The number of allylic oxidation sites excluding steroid dienone is 1. The van der Waals surface area contributed by atoms with E-state index in [1.807, 2.05) is 6.07 Å². The predicted octanol–water partition coefficient (Wildman–Crippen LogP) is 3.91. The minimum absolute atomic E-state index is 0.0134. The Hall–Kier alpha value is -3.23. The number of ether oxygens (including phenoxy) is 1. The van der Waals surface area contributed by atoms with Crippen molar-refractivity contribution in [1.29, 1.82) is 0 Å². The normalized spacial score (nSPS) is 15.8. The second kappa shape index (κ2) is 8.25. The Morgan fingerprint density at radius 2 is 2.10 bits per heavy atom. The molecule has 5 rings (SSSR count). The number of rotatable bonds is 7. The smallest absolute Gasteiger partial charge is 0.332 e. The van der Waals surface area contributed by atoms with Crippen molar-refractivity contribution >= 4 is 17.1 Å². The highest BCUT2D eigenvalue weighted by Gasteiger charge is 2.28. The van der Waals surface area contributed by atoms with Gasteiger partial charge in [-0.2, -0.15) is 9.97 Å². The van der Waals surface area contributed by atoms with Crippen LogP contribution in [0.5, 0.6) is 6.01 Å². The molecule has 0 radical (unpaired) electrons. The zero-order valence-corrected chi connectivity index (χ0v) is 17.0.